The van der Waals surface area contributed by atoms with E-state index in [1.54, 1.807) is 0 Å². The summed E-state index contributed by atoms with van der Waals surface area (Å²) in [5, 5.41) is 5.53. The van der Waals surface area contributed by atoms with Crippen molar-refractivity contribution in [3.63, 3.8) is 0 Å². The van der Waals surface area contributed by atoms with Crippen LogP contribution in [0.2, 0.25) is 0 Å². The zero-order valence-electron chi connectivity index (χ0n) is 13.0. The maximum Gasteiger partial charge on any atom is 0.390 e. The lowest BCUT2D eigenvalue weighted by Crippen LogP contribution is -2.38. The molecule has 2 rings (SSSR count). The normalized spacial score (nSPS) is 12.3. The molecule has 8 heteroatoms. The Hall–Kier alpha value is -1.96. The molecule has 24 heavy (non-hydrogen) atoms. The van der Waals surface area contributed by atoms with Gasteiger partial charge < -0.3 is 15.1 Å². The van der Waals surface area contributed by atoms with Gasteiger partial charge in [0.1, 0.15) is 11.5 Å². The average Bonchev–Trinajstić information content (AvgIpc) is 2.99. The summed E-state index contributed by atoms with van der Waals surface area (Å²) in [7, 11) is 1.50. The minimum absolute atomic E-state index is 0.231. The van der Waals surface area contributed by atoms with Gasteiger partial charge in [0, 0.05) is 23.6 Å². The molecule has 0 aliphatic carbocycles. The number of furan rings is 1. The summed E-state index contributed by atoms with van der Waals surface area (Å²) in [4.78, 5) is 3.88. The van der Waals surface area contributed by atoms with E-state index in [-0.39, 0.29) is 6.54 Å². The molecular formula is C16H17BrF3N3O. The summed E-state index contributed by atoms with van der Waals surface area (Å²) in [6.45, 7) is 0.0910. The second-order valence-corrected chi connectivity index (χ2v) is 5.91. The number of rotatable bonds is 5. The summed E-state index contributed by atoms with van der Waals surface area (Å²) in [5.74, 6) is 1.67. The highest BCUT2D eigenvalue weighted by molar-refractivity contribution is 9.10. The minimum Gasteiger partial charge on any atom is -0.459 e. The molecule has 1 heterocycles. The molecule has 0 saturated heterocycles. The molecular weight excluding hydrogens is 387 g/mol. The van der Waals surface area contributed by atoms with Crippen LogP contribution in [0, 0.1) is 0 Å². The van der Waals surface area contributed by atoms with Crippen molar-refractivity contribution < 1.29 is 17.6 Å². The molecule has 0 bridgehead atoms. The van der Waals surface area contributed by atoms with Gasteiger partial charge in [-0.2, -0.15) is 13.2 Å². The van der Waals surface area contributed by atoms with Gasteiger partial charge in [-0.05, 0) is 24.3 Å². The number of aliphatic imine (C=N–C) groups is 1. The van der Waals surface area contributed by atoms with Crippen molar-refractivity contribution in [3.05, 3.63) is 46.6 Å². The first kappa shape index (κ1) is 18.4. The summed E-state index contributed by atoms with van der Waals surface area (Å²) in [6, 6.07) is 11.4. The predicted octanol–water partition coefficient (Wildman–Crippen LogP) is 4.33. The lowest BCUT2D eigenvalue weighted by molar-refractivity contribution is -0.132. The predicted molar refractivity (Wildman–Crippen MR) is 90.7 cm³/mol. The number of hydrogen-bond acceptors (Lipinski definition) is 2. The number of nitrogens with zero attached hydrogens (tertiary/aromatic N) is 1. The summed E-state index contributed by atoms with van der Waals surface area (Å²) in [6.07, 6.45) is -5.10. The Morgan fingerprint density at radius 1 is 1.12 bits per heavy atom. The Kier molecular flexibility index (Phi) is 6.30. The Morgan fingerprint density at radius 2 is 1.83 bits per heavy atom. The number of nitrogens with one attached hydrogen (secondary N) is 2. The van der Waals surface area contributed by atoms with E-state index in [2.05, 4.69) is 31.6 Å². The number of alkyl halides is 3. The summed E-state index contributed by atoms with van der Waals surface area (Å²) in [5.41, 5.74) is 0.942. The van der Waals surface area contributed by atoms with Crippen molar-refractivity contribution in [3.8, 4) is 11.3 Å². The minimum atomic E-state index is -4.19. The Bertz CT molecular complexity index is 681. The first-order chi connectivity index (χ1) is 11.4. The number of benzene rings is 1. The molecule has 0 radical (unpaired) electrons. The van der Waals surface area contributed by atoms with Gasteiger partial charge in [0.2, 0.25) is 0 Å². The zero-order chi connectivity index (χ0) is 17.6. The van der Waals surface area contributed by atoms with Gasteiger partial charge in [-0.15, -0.1) is 0 Å². The third kappa shape index (κ3) is 5.92. The summed E-state index contributed by atoms with van der Waals surface area (Å²) < 4.78 is 43.1. The number of guanidine groups is 1. The molecule has 130 valence electrons. The average molecular weight is 404 g/mol. The van der Waals surface area contributed by atoms with Crippen molar-refractivity contribution >= 4 is 21.9 Å². The van der Waals surface area contributed by atoms with Crippen LogP contribution in [-0.2, 0) is 6.54 Å². The van der Waals surface area contributed by atoms with Gasteiger partial charge in [0.25, 0.3) is 0 Å². The molecule has 0 aliphatic rings. The SMILES string of the molecule is CN=C(NCCC(F)(F)F)NCc1ccc(-c2ccc(Br)cc2)o1. The van der Waals surface area contributed by atoms with Crippen LogP contribution >= 0.6 is 15.9 Å². The van der Waals surface area contributed by atoms with E-state index in [0.717, 1.165) is 15.8 Å². The van der Waals surface area contributed by atoms with Crippen LogP contribution in [0.4, 0.5) is 13.2 Å². The molecule has 0 amide bonds. The Morgan fingerprint density at radius 3 is 2.46 bits per heavy atom. The van der Waals surface area contributed by atoms with Gasteiger partial charge in [-0.25, -0.2) is 0 Å². The van der Waals surface area contributed by atoms with Crippen LogP contribution in [0.25, 0.3) is 11.3 Å². The lowest BCUT2D eigenvalue weighted by Gasteiger charge is -2.12. The van der Waals surface area contributed by atoms with Crippen LogP contribution in [-0.4, -0.2) is 25.7 Å². The van der Waals surface area contributed by atoms with E-state index in [4.69, 9.17) is 4.42 Å². The molecule has 0 saturated carbocycles. The van der Waals surface area contributed by atoms with Crippen LogP contribution < -0.4 is 10.6 Å². The van der Waals surface area contributed by atoms with Gasteiger partial charge in [-0.1, -0.05) is 28.1 Å². The molecule has 0 atom stereocenters. The topological polar surface area (TPSA) is 49.6 Å². The van der Waals surface area contributed by atoms with E-state index >= 15 is 0 Å². The monoisotopic (exact) mass is 403 g/mol. The number of halogens is 4. The van der Waals surface area contributed by atoms with Crippen molar-refractivity contribution in [2.75, 3.05) is 13.6 Å². The van der Waals surface area contributed by atoms with E-state index in [1.165, 1.54) is 7.05 Å². The fourth-order valence-electron chi connectivity index (χ4n) is 1.96. The Labute approximate surface area is 146 Å². The number of hydrogen-bond donors (Lipinski definition) is 2. The third-order valence-electron chi connectivity index (χ3n) is 3.14. The maximum atomic E-state index is 12.1. The fourth-order valence-corrected chi connectivity index (χ4v) is 2.22. The maximum absolute atomic E-state index is 12.1. The highest BCUT2D eigenvalue weighted by Gasteiger charge is 2.26. The van der Waals surface area contributed by atoms with Gasteiger partial charge in [0.15, 0.2) is 5.96 Å². The van der Waals surface area contributed by atoms with Crippen molar-refractivity contribution in [2.24, 2.45) is 4.99 Å². The van der Waals surface area contributed by atoms with Gasteiger partial charge in [-0.3, -0.25) is 4.99 Å². The molecule has 4 nitrogen and oxygen atoms in total. The third-order valence-corrected chi connectivity index (χ3v) is 3.67. The highest BCUT2D eigenvalue weighted by atomic mass is 79.9. The molecule has 2 N–H and O–H groups in total. The lowest BCUT2D eigenvalue weighted by atomic mass is 10.2. The molecule has 2 aromatic rings. The van der Waals surface area contributed by atoms with E-state index in [9.17, 15) is 13.2 Å². The standard InChI is InChI=1S/C16H17BrF3N3O/c1-21-15(22-9-8-16(18,19)20)23-10-13-6-7-14(24-13)11-2-4-12(17)5-3-11/h2-7H,8-10H2,1H3,(H2,21,22,23). The molecule has 0 aliphatic heterocycles. The molecule has 0 fully saturated rings. The van der Waals surface area contributed by atoms with Crippen molar-refractivity contribution in [1.82, 2.24) is 10.6 Å². The van der Waals surface area contributed by atoms with Crippen LogP contribution in [0.5, 0.6) is 0 Å². The van der Waals surface area contributed by atoms with Gasteiger partial charge >= 0.3 is 6.18 Å². The van der Waals surface area contributed by atoms with Crippen LogP contribution in [0.15, 0.2) is 50.3 Å². The van der Waals surface area contributed by atoms with E-state index in [1.807, 2.05) is 36.4 Å². The van der Waals surface area contributed by atoms with E-state index in [0.29, 0.717) is 18.3 Å². The smallest absolute Gasteiger partial charge is 0.390 e. The second-order valence-electron chi connectivity index (χ2n) is 4.99. The highest BCUT2D eigenvalue weighted by Crippen LogP contribution is 2.24. The van der Waals surface area contributed by atoms with E-state index < -0.39 is 12.6 Å². The molecule has 0 unspecified atom stereocenters. The van der Waals surface area contributed by atoms with Crippen LogP contribution in [0.3, 0.4) is 0 Å². The second kappa shape index (κ2) is 8.23. The molecule has 1 aromatic carbocycles. The first-order valence-electron chi connectivity index (χ1n) is 7.23. The largest absolute Gasteiger partial charge is 0.459 e. The van der Waals surface area contributed by atoms with Crippen LogP contribution in [0.1, 0.15) is 12.2 Å². The Balaban J connectivity index is 1.86. The van der Waals surface area contributed by atoms with Gasteiger partial charge in [0.05, 0.1) is 13.0 Å². The fraction of sp³-hybridized carbons (Fsp3) is 0.312. The van der Waals surface area contributed by atoms with Crippen molar-refractivity contribution in [2.45, 2.75) is 19.1 Å². The molecule has 0 spiro atoms. The summed E-state index contributed by atoms with van der Waals surface area (Å²) >= 11 is 3.37. The zero-order valence-corrected chi connectivity index (χ0v) is 14.5. The molecule has 1 aromatic heterocycles. The first-order valence-corrected chi connectivity index (χ1v) is 8.02. The van der Waals surface area contributed by atoms with Crippen molar-refractivity contribution in [1.29, 1.82) is 0 Å². The quantitative estimate of drug-likeness (QED) is 0.577.